The molecule has 0 saturated heterocycles. The molecule has 27 heavy (non-hydrogen) atoms. The van der Waals surface area contributed by atoms with Crippen LogP contribution in [0.4, 0.5) is 22.0 Å². The molecule has 0 unspecified atom stereocenters. The number of nitrogens with zero attached hydrogens (tertiary/aromatic N) is 3. The van der Waals surface area contributed by atoms with Crippen LogP contribution in [0.2, 0.25) is 0 Å². The van der Waals surface area contributed by atoms with Gasteiger partial charge < -0.3 is 9.72 Å². The third-order valence-corrected chi connectivity index (χ3v) is 3.47. The van der Waals surface area contributed by atoms with Gasteiger partial charge in [-0.15, -0.1) is 5.10 Å². The van der Waals surface area contributed by atoms with Crippen molar-refractivity contribution in [2.24, 2.45) is 0 Å². The number of halogens is 5. The molecule has 0 fully saturated rings. The van der Waals surface area contributed by atoms with Crippen molar-refractivity contribution in [3.05, 3.63) is 64.6 Å². The number of ether oxygens (including phenoxy) is 1. The highest BCUT2D eigenvalue weighted by Gasteiger charge is 2.35. The Hall–Kier alpha value is -3.24. The van der Waals surface area contributed by atoms with Crippen LogP contribution in [0.1, 0.15) is 11.4 Å². The van der Waals surface area contributed by atoms with Gasteiger partial charge in [-0.3, -0.25) is 4.79 Å². The minimum absolute atomic E-state index is 0.0832. The molecule has 3 aromatic rings. The van der Waals surface area contributed by atoms with Crippen LogP contribution in [-0.2, 0) is 12.7 Å². The lowest BCUT2D eigenvalue weighted by Gasteiger charge is -2.08. The first-order valence-electron chi connectivity index (χ1n) is 7.46. The van der Waals surface area contributed by atoms with Gasteiger partial charge in [-0.05, 0) is 29.3 Å². The second-order valence-corrected chi connectivity index (χ2v) is 5.42. The first-order chi connectivity index (χ1) is 12.7. The van der Waals surface area contributed by atoms with Gasteiger partial charge in [-0.2, -0.15) is 22.0 Å². The van der Waals surface area contributed by atoms with Crippen molar-refractivity contribution in [1.82, 2.24) is 19.7 Å². The fourth-order valence-electron chi connectivity index (χ4n) is 2.36. The molecule has 6 nitrogen and oxygen atoms in total. The van der Waals surface area contributed by atoms with Crippen molar-refractivity contribution in [1.29, 1.82) is 0 Å². The highest BCUT2D eigenvalue weighted by Crippen LogP contribution is 2.26. The second kappa shape index (κ2) is 7.17. The lowest BCUT2D eigenvalue weighted by molar-refractivity contribution is -0.145. The van der Waals surface area contributed by atoms with Crippen LogP contribution in [-0.4, -0.2) is 26.4 Å². The van der Waals surface area contributed by atoms with Crippen LogP contribution >= 0.6 is 0 Å². The summed E-state index contributed by atoms with van der Waals surface area (Å²) in [4.78, 5) is 17.7. The number of alkyl halides is 5. The number of pyridine rings is 1. The molecular weight excluding hydrogens is 375 g/mol. The van der Waals surface area contributed by atoms with Gasteiger partial charge in [0.25, 0.3) is 11.4 Å². The van der Waals surface area contributed by atoms with E-state index in [0.29, 0.717) is 11.1 Å². The molecule has 1 aromatic carbocycles. The van der Waals surface area contributed by atoms with E-state index in [1.54, 1.807) is 0 Å². The number of hydrogen-bond donors (Lipinski definition) is 1. The Balaban J connectivity index is 1.89. The molecule has 142 valence electrons. The molecule has 0 spiro atoms. The smallest absolute Gasteiger partial charge is 0.435 e. The molecule has 3 rings (SSSR count). The average molecular weight is 386 g/mol. The number of aromatic nitrogens is 4. The molecule has 1 N–H and O–H groups in total. The van der Waals surface area contributed by atoms with Crippen molar-refractivity contribution >= 4 is 0 Å². The molecule has 0 aliphatic carbocycles. The van der Waals surface area contributed by atoms with Crippen molar-refractivity contribution in [2.45, 2.75) is 19.3 Å². The van der Waals surface area contributed by atoms with E-state index in [1.165, 1.54) is 36.5 Å². The minimum atomic E-state index is -4.66. The molecule has 0 aliphatic rings. The quantitative estimate of drug-likeness (QED) is 0.683. The maximum absolute atomic E-state index is 12.6. The molecule has 0 atom stereocenters. The molecule has 0 saturated carbocycles. The highest BCUT2D eigenvalue weighted by molar-refractivity contribution is 5.64. The molecular formula is C16H11F5N4O2. The minimum Gasteiger partial charge on any atom is -0.435 e. The van der Waals surface area contributed by atoms with Crippen LogP contribution in [0.15, 0.2) is 47.7 Å². The van der Waals surface area contributed by atoms with Crippen LogP contribution in [0.25, 0.3) is 11.1 Å². The Labute approximate surface area is 148 Å². The van der Waals surface area contributed by atoms with Gasteiger partial charge in [0.2, 0.25) is 0 Å². The topological polar surface area (TPSA) is 72.8 Å². The lowest BCUT2D eigenvalue weighted by atomic mass is 10.1. The van der Waals surface area contributed by atoms with Gasteiger partial charge in [0.05, 0.1) is 6.54 Å². The first kappa shape index (κ1) is 18.5. The SMILES string of the molecule is O=c1[nH]cc(Cn2cnc(C(F)(F)F)n2)cc1-c1cccc(OC(F)F)c1. The lowest BCUT2D eigenvalue weighted by Crippen LogP contribution is -2.12. The summed E-state index contributed by atoms with van der Waals surface area (Å²) in [6, 6.07) is 6.95. The fraction of sp³-hybridized carbons (Fsp3) is 0.188. The largest absolute Gasteiger partial charge is 0.453 e. The first-order valence-corrected chi connectivity index (χ1v) is 7.46. The predicted octanol–water partition coefficient (Wildman–Crippen LogP) is 3.30. The van der Waals surface area contributed by atoms with Gasteiger partial charge >= 0.3 is 12.8 Å². The third-order valence-electron chi connectivity index (χ3n) is 3.47. The number of hydrogen-bond acceptors (Lipinski definition) is 4. The van der Waals surface area contributed by atoms with E-state index >= 15 is 0 Å². The summed E-state index contributed by atoms with van der Waals surface area (Å²) in [7, 11) is 0. The zero-order valence-corrected chi connectivity index (χ0v) is 13.4. The maximum Gasteiger partial charge on any atom is 0.453 e. The summed E-state index contributed by atoms with van der Waals surface area (Å²) in [5.74, 6) is -1.40. The Bertz CT molecular complexity index is 997. The molecule has 2 aromatic heterocycles. The fourth-order valence-corrected chi connectivity index (χ4v) is 2.36. The number of nitrogens with one attached hydrogen (secondary N) is 1. The molecule has 0 amide bonds. The Morgan fingerprint density at radius 2 is 2.00 bits per heavy atom. The van der Waals surface area contributed by atoms with Crippen LogP contribution < -0.4 is 10.3 Å². The number of rotatable bonds is 5. The highest BCUT2D eigenvalue weighted by atomic mass is 19.4. The summed E-state index contributed by atoms with van der Waals surface area (Å²) >= 11 is 0. The molecule has 2 heterocycles. The maximum atomic E-state index is 12.6. The van der Waals surface area contributed by atoms with Gasteiger partial charge in [0.15, 0.2) is 0 Å². The summed E-state index contributed by atoms with van der Waals surface area (Å²) in [5, 5.41) is 3.33. The Morgan fingerprint density at radius 1 is 1.22 bits per heavy atom. The zero-order valence-electron chi connectivity index (χ0n) is 13.4. The van der Waals surface area contributed by atoms with E-state index in [9.17, 15) is 26.7 Å². The Morgan fingerprint density at radius 3 is 2.67 bits per heavy atom. The van der Waals surface area contributed by atoms with Crippen molar-refractivity contribution in [2.75, 3.05) is 0 Å². The summed E-state index contributed by atoms with van der Waals surface area (Å²) in [5.41, 5.74) is 0.389. The predicted molar refractivity (Wildman–Crippen MR) is 83.3 cm³/mol. The number of aromatic amines is 1. The van der Waals surface area contributed by atoms with Crippen LogP contribution in [0.3, 0.4) is 0 Å². The van der Waals surface area contributed by atoms with E-state index < -0.39 is 24.2 Å². The summed E-state index contributed by atoms with van der Waals surface area (Å²) in [6.45, 7) is -3.10. The van der Waals surface area contributed by atoms with Crippen molar-refractivity contribution in [3.8, 4) is 16.9 Å². The van der Waals surface area contributed by atoms with Crippen LogP contribution in [0, 0.1) is 0 Å². The third kappa shape index (κ3) is 4.49. The zero-order chi connectivity index (χ0) is 19.6. The van der Waals surface area contributed by atoms with Gasteiger partial charge in [0, 0.05) is 11.8 Å². The van der Waals surface area contributed by atoms with Crippen molar-refractivity contribution < 1.29 is 26.7 Å². The molecule has 0 radical (unpaired) electrons. The molecule has 0 aliphatic heterocycles. The summed E-state index contributed by atoms with van der Waals surface area (Å²) < 4.78 is 67.6. The van der Waals surface area contributed by atoms with E-state index in [1.807, 2.05) is 0 Å². The molecule has 0 bridgehead atoms. The van der Waals surface area contributed by atoms with E-state index in [0.717, 1.165) is 11.0 Å². The normalized spacial score (nSPS) is 11.8. The number of benzene rings is 1. The van der Waals surface area contributed by atoms with E-state index in [2.05, 4.69) is 19.8 Å². The standard InChI is InChI=1S/C16H11F5N4O2/c17-15(18)27-11-3-1-2-10(5-11)12-4-9(6-22-13(12)26)7-25-8-23-14(24-25)16(19,20)21/h1-6,8,15H,7H2,(H,22,26). The van der Waals surface area contributed by atoms with E-state index in [4.69, 9.17) is 0 Å². The summed E-state index contributed by atoms with van der Waals surface area (Å²) in [6.07, 6.45) is -2.42. The van der Waals surface area contributed by atoms with Gasteiger partial charge in [0.1, 0.15) is 12.1 Å². The van der Waals surface area contributed by atoms with Gasteiger partial charge in [-0.25, -0.2) is 9.67 Å². The van der Waals surface area contributed by atoms with Crippen LogP contribution in [0.5, 0.6) is 5.75 Å². The number of H-pyrrole nitrogens is 1. The van der Waals surface area contributed by atoms with Crippen molar-refractivity contribution in [3.63, 3.8) is 0 Å². The van der Waals surface area contributed by atoms with E-state index in [-0.39, 0.29) is 17.9 Å². The molecule has 11 heteroatoms. The second-order valence-electron chi connectivity index (χ2n) is 5.42. The monoisotopic (exact) mass is 386 g/mol. The average Bonchev–Trinajstić information content (AvgIpc) is 3.05. The Kier molecular flexibility index (Phi) is 4.93. The van der Waals surface area contributed by atoms with Gasteiger partial charge in [-0.1, -0.05) is 12.1 Å².